The van der Waals surface area contributed by atoms with Crippen LogP contribution in [0.25, 0.3) is 10.9 Å². The standard InChI is InChI=1S/C18H15FN4O3/c19-13-7-5-12(6-8-13)17(25)22-21-16(24)9-10-23-11-20-15-4-2-1-3-14(15)18(23)26/h1-8,11H,9-10H2,(H,21,24)(H,22,25). The van der Waals surface area contributed by atoms with E-state index in [2.05, 4.69) is 15.8 Å². The Hall–Kier alpha value is -3.55. The molecule has 0 saturated heterocycles. The van der Waals surface area contributed by atoms with Gasteiger partial charge >= 0.3 is 0 Å². The third kappa shape index (κ3) is 3.92. The third-order valence-corrected chi connectivity index (χ3v) is 3.73. The van der Waals surface area contributed by atoms with Crippen molar-refractivity contribution in [3.8, 4) is 0 Å². The maximum absolute atomic E-state index is 12.8. The predicted molar refractivity (Wildman–Crippen MR) is 92.6 cm³/mol. The largest absolute Gasteiger partial charge is 0.298 e. The second-order valence-electron chi connectivity index (χ2n) is 5.52. The average molecular weight is 354 g/mol. The number of halogens is 1. The van der Waals surface area contributed by atoms with E-state index in [0.29, 0.717) is 10.9 Å². The molecule has 0 spiro atoms. The van der Waals surface area contributed by atoms with Gasteiger partial charge in [-0.2, -0.15) is 0 Å². The van der Waals surface area contributed by atoms with Gasteiger partial charge < -0.3 is 0 Å². The first-order valence-electron chi connectivity index (χ1n) is 7.83. The van der Waals surface area contributed by atoms with Gasteiger partial charge in [0.25, 0.3) is 11.5 Å². The van der Waals surface area contributed by atoms with Crippen molar-refractivity contribution < 1.29 is 14.0 Å². The van der Waals surface area contributed by atoms with Crippen molar-refractivity contribution >= 4 is 22.7 Å². The number of rotatable bonds is 4. The molecule has 26 heavy (non-hydrogen) atoms. The first-order chi connectivity index (χ1) is 12.5. The molecule has 2 amide bonds. The number of hydrogen-bond donors (Lipinski definition) is 2. The van der Waals surface area contributed by atoms with Crippen LogP contribution in [0.15, 0.2) is 59.7 Å². The Bertz CT molecular complexity index is 1010. The van der Waals surface area contributed by atoms with Crippen LogP contribution in [-0.4, -0.2) is 21.4 Å². The van der Waals surface area contributed by atoms with E-state index in [4.69, 9.17) is 0 Å². The summed E-state index contributed by atoms with van der Waals surface area (Å²) in [6.45, 7) is 0.120. The minimum Gasteiger partial charge on any atom is -0.298 e. The summed E-state index contributed by atoms with van der Waals surface area (Å²) in [6.07, 6.45) is 1.36. The van der Waals surface area contributed by atoms with Gasteiger partial charge in [-0.05, 0) is 36.4 Å². The molecule has 0 unspecified atom stereocenters. The number of carbonyl (C=O) groups is 2. The zero-order chi connectivity index (χ0) is 18.5. The van der Waals surface area contributed by atoms with Gasteiger partial charge in [-0.15, -0.1) is 0 Å². The van der Waals surface area contributed by atoms with Crippen LogP contribution in [0.3, 0.4) is 0 Å². The summed E-state index contributed by atoms with van der Waals surface area (Å²) in [7, 11) is 0. The van der Waals surface area contributed by atoms with Crippen molar-refractivity contribution in [1.29, 1.82) is 0 Å². The summed E-state index contributed by atoms with van der Waals surface area (Å²) in [5.41, 5.74) is 5.05. The molecule has 3 aromatic rings. The van der Waals surface area contributed by atoms with E-state index in [0.717, 1.165) is 12.1 Å². The molecule has 0 aliphatic carbocycles. The fourth-order valence-corrected chi connectivity index (χ4v) is 2.35. The number of aryl methyl sites for hydroxylation is 1. The van der Waals surface area contributed by atoms with Crippen LogP contribution < -0.4 is 16.4 Å². The Kier molecular flexibility index (Phi) is 5.02. The van der Waals surface area contributed by atoms with Crippen molar-refractivity contribution in [2.75, 3.05) is 0 Å². The number of aromatic nitrogens is 2. The molecule has 132 valence electrons. The van der Waals surface area contributed by atoms with Crippen LogP contribution >= 0.6 is 0 Å². The molecule has 7 nitrogen and oxygen atoms in total. The van der Waals surface area contributed by atoms with Crippen LogP contribution in [0.2, 0.25) is 0 Å². The van der Waals surface area contributed by atoms with E-state index in [1.807, 2.05) is 0 Å². The molecule has 0 bridgehead atoms. The first-order valence-corrected chi connectivity index (χ1v) is 7.83. The van der Waals surface area contributed by atoms with E-state index in [1.165, 1.54) is 23.0 Å². The molecule has 8 heteroatoms. The lowest BCUT2D eigenvalue weighted by molar-refractivity contribution is -0.122. The van der Waals surface area contributed by atoms with E-state index in [1.54, 1.807) is 24.3 Å². The van der Waals surface area contributed by atoms with Gasteiger partial charge in [0.05, 0.1) is 17.2 Å². The number of benzene rings is 2. The Morgan fingerprint density at radius 1 is 1.04 bits per heavy atom. The summed E-state index contributed by atoms with van der Waals surface area (Å²) >= 11 is 0. The highest BCUT2D eigenvalue weighted by atomic mass is 19.1. The van der Waals surface area contributed by atoms with Gasteiger partial charge in [-0.3, -0.25) is 29.8 Å². The summed E-state index contributed by atoms with van der Waals surface area (Å²) in [5.74, 6) is -1.50. The molecule has 2 N–H and O–H groups in total. The first kappa shape index (κ1) is 17.3. The molecule has 0 saturated carbocycles. The molecular weight excluding hydrogens is 339 g/mol. The number of carbonyl (C=O) groups excluding carboxylic acids is 2. The molecule has 0 atom stereocenters. The minimum absolute atomic E-state index is 0.0242. The Morgan fingerprint density at radius 2 is 1.77 bits per heavy atom. The second-order valence-corrected chi connectivity index (χ2v) is 5.52. The predicted octanol–water partition coefficient (Wildman–Crippen LogP) is 1.39. The van der Waals surface area contributed by atoms with Crippen LogP contribution in [-0.2, 0) is 11.3 Å². The van der Waals surface area contributed by atoms with Crippen molar-refractivity contribution in [1.82, 2.24) is 20.4 Å². The number of nitrogens with one attached hydrogen (secondary N) is 2. The minimum atomic E-state index is -0.567. The highest BCUT2D eigenvalue weighted by Crippen LogP contribution is 2.05. The summed E-state index contributed by atoms with van der Waals surface area (Å²) in [6, 6.07) is 11.8. The molecule has 3 rings (SSSR count). The highest BCUT2D eigenvalue weighted by molar-refractivity contribution is 5.95. The molecule has 0 aliphatic heterocycles. The Labute approximate surface area is 147 Å². The van der Waals surface area contributed by atoms with Gasteiger partial charge in [0.15, 0.2) is 0 Å². The Balaban J connectivity index is 1.56. The van der Waals surface area contributed by atoms with Crippen LogP contribution in [0.5, 0.6) is 0 Å². The van der Waals surface area contributed by atoms with Crippen LogP contribution in [0.1, 0.15) is 16.8 Å². The van der Waals surface area contributed by atoms with Crippen molar-refractivity contribution in [2.24, 2.45) is 0 Å². The number of amides is 2. The maximum atomic E-state index is 12.8. The summed E-state index contributed by atoms with van der Waals surface area (Å²) in [5, 5.41) is 0.472. The summed E-state index contributed by atoms with van der Waals surface area (Å²) in [4.78, 5) is 40.2. The maximum Gasteiger partial charge on any atom is 0.269 e. The number of hydrogen-bond acceptors (Lipinski definition) is 4. The highest BCUT2D eigenvalue weighted by Gasteiger charge is 2.09. The van der Waals surface area contributed by atoms with Gasteiger partial charge in [0, 0.05) is 18.5 Å². The van der Waals surface area contributed by atoms with Crippen molar-refractivity contribution in [3.63, 3.8) is 0 Å². The van der Waals surface area contributed by atoms with Crippen LogP contribution in [0.4, 0.5) is 4.39 Å². The number of para-hydroxylation sites is 1. The fourth-order valence-electron chi connectivity index (χ4n) is 2.35. The normalized spacial score (nSPS) is 10.5. The lowest BCUT2D eigenvalue weighted by Crippen LogP contribution is -2.42. The Morgan fingerprint density at radius 3 is 2.54 bits per heavy atom. The number of nitrogens with zero attached hydrogens (tertiary/aromatic N) is 2. The van der Waals surface area contributed by atoms with Crippen molar-refractivity contribution in [2.45, 2.75) is 13.0 Å². The van der Waals surface area contributed by atoms with E-state index >= 15 is 0 Å². The van der Waals surface area contributed by atoms with E-state index < -0.39 is 17.6 Å². The topological polar surface area (TPSA) is 93.1 Å². The third-order valence-electron chi connectivity index (χ3n) is 3.73. The zero-order valence-corrected chi connectivity index (χ0v) is 13.6. The average Bonchev–Trinajstić information content (AvgIpc) is 2.66. The van der Waals surface area contributed by atoms with Gasteiger partial charge in [-0.1, -0.05) is 12.1 Å². The van der Waals surface area contributed by atoms with Crippen molar-refractivity contribution in [3.05, 3.63) is 76.6 Å². The van der Waals surface area contributed by atoms with Crippen LogP contribution in [0, 0.1) is 5.82 Å². The molecule has 0 fully saturated rings. The summed E-state index contributed by atoms with van der Waals surface area (Å²) < 4.78 is 14.2. The lowest BCUT2D eigenvalue weighted by Gasteiger charge is -2.09. The molecule has 1 aromatic heterocycles. The number of hydrazine groups is 1. The molecular formula is C18H15FN4O3. The fraction of sp³-hybridized carbons (Fsp3) is 0.111. The molecule has 1 heterocycles. The SMILES string of the molecule is O=C(CCn1cnc2ccccc2c1=O)NNC(=O)c1ccc(F)cc1. The quantitative estimate of drug-likeness (QED) is 0.693. The zero-order valence-electron chi connectivity index (χ0n) is 13.6. The molecule has 0 aliphatic rings. The smallest absolute Gasteiger partial charge is 0.269 e. The second kappa shape index (κ2) is 7.56. The number of fused-ring (bicyclic) bond motifs is 1. The molecule has 2 aromatic carbocycles. The van der Waals surface area contributed by atoms with Gasteiger partial charge in [-0.25, -0.2) is 9.37 Å². The molecule has 0 radical (unpaired) electrons. The van der Waals surface area contributed by atoms with Gasteiger partial charge in [0.2, 0.25) is 5.91 Å². The monoisotopic (exact) mass is 354 g/mol. The van der Waals surface area contributed by atoms with Gasteiger partial charge in [0.1, 0.15) is 5.82 Å². The van der Waals surface area contributed by atoms with E-state index in [-0.39, 0.29) is 24.1 Å². The van der Waals surface area contributed by atoms with E-state index in [9.17, 15) is 18.8 Å². The lowest BCUT2D eigenvalue weighted by atomic mass is 10.2.